The summed E-state index contributed by atoms with van der Waals surface area (Å²) in [7, 11) is 3.59. The highest BCUT2D eigenvalue weighted by atomic mass is 16.5. The molecule has 0 aliphatic carbocycles. The molecule has 7 nitrogen and oxygen atoms in total. The number of carboxylic acid groups (broad SMARTS) is 1. The lowest BCUT2D eigenvalue weighted by Crippen LogP contribution is -2.26. The van der Waals surface area contributed by atoms with E-state index >= 15 is 0 Å². The van der Waals surface area contributed by atoms with Gasteiger partial charge in [0.05, 0.1) is 13.0 Å². The van der Waals surface area contributed by atoms with Crippen LogP contribution in [0.3, 0.4) is 0 Å². The normalized spacial score (nSPS) is 19.7. The molecule has 34 heavy (non-hydrogen) atoms. The molecule has 3 atom stereocenters. The average Bonchev–Trinajstić information content (AvgIpc) is 3.22. The number of amides is 1. The fraction of sp³-hybridized carbons (Fsp3) is 0.519. The second-order valence-corrected chi connectivity index (χ2v) is 8.76. The molecule has 186 valence electrons. The number of likely N-dealkylation sites (N-methyl/N-ethyl adjacent to an activating group) is 1. The average molecular weight is 470 g/mol. The summed E-state index contributed by atoms with van der Waals surface area (Å²) < 4.78 is 5.19. The number of likely N-dealkylation sites (tertiary alicyclic amines) is 1. The number of rotatable bonds is 11. The maximum atomic E-state index is 12.0. The molecule has 1 aromatic carbocycles. The Balaban J connectivity index is 0.000000316. The van der Waals surface area contributed by atoms with E-state index in [4.69, 9.17) is 4.74 Å². The lowest BCUT2D eigenvalue weighted by molar-refractivity contribution is -0.143. The van der Waals surface area contributed by atoms with Gasteiger partial charge in [-0.3, -0.25) is 19.5 Å². The molecule has 1 aromatic heterocycles. The molecule has 3 rings (SSSR count). The van der Waals surface area contributed by atoms with Crippen LogP contribution in [0.1, 0.15) is 62.6 Å². The van der Waals surface area contributed by atoms with Crippen LogP contribution in [0.15, 0.2) is 48.8 Å². The van der Waals surface area contributed by atoms with Crippen molar-refractivity contribution in [2.24, 2.45) is 5.92 Å². The number of carboxylic acids is 1. The van der Waals surface area contributed by atoms with Crippen LogP contribution in [-0.4, -0.2) is 66.1 Å². The number of benzene rings is 1. The van der Waals surface area contributed by atoms with E-state index in [9.17, 15) is 14.7 Å². The number of pyridine rings is 1. The number of nitrogens with zero attached hydrogens (tertiary/aromatic N) is 3. The number of methoxy groups -OCH3 is 1. The van der Waals surface area contributed by atoms with Gasteiger partial charge in [0.1, 0.15) is 5.75 Å². The van der Waals surface area contributed by atoms with Gasteiger partial charge in [-0.15, -0.1) is 0 Å². The van der Waals surface area contributed by atoms with Crippen molar-refractivity contribution in [2.45, 2.75) is 51.5 Å². The fourth-order valence-electron chi connectivity index (χ4n) is 4.45. The lowest BCUT2D eigenvalue weighted by Gasteiger charge is -2.24. The second-order valence-electron chi connectivity index (χ2n) is 8.76. The smallest absolute Gasteiger partial charge is 0.309 e. The minimum absolute atomic E-state index is 0.0710. The van der Waals surface area contributed by atoms with Crippen molar-refractivity contribution >= 4 is 12.4 Å². The lowest BCUT2D eigenvalue weighted by atomic mass is 9.83. The van der Waals surface area contributed by atoms with Crippen molar-refractivity contribution in [3.05, 3.63) is 59.9 Å². The highest BCUT2D eigenvalue weighted by molar-refractivity contribution is 5.73. The van der Waals surface area contributed by atoms with E-state index < -0.39 is 11.9 Å². The summed E-state index contributed by atoms with van der Waals surface area (Å²) in [5.74, 6) is -0.579. The fourth-order valence-corrected chi connectivity index (χ4v) is 4.45. The summed E-state index contributed by atoms with van der Waals surface area (Å²) in [5.41, 5.74) is 1.97. The van der Waals surface area contributed by atoms with Gasteiger partial charge in [0, 0.05) is 44.0 Å². The van der Waals surface area contributed by atoms with Gasteiger partial charge < -0.3 is 14.7 Å². The van der Waals surface area contributed by atoms with Crippen LogP contribution in [0.5, 0.6) is 5.75 Å². The molecule has 1 saturated heterocycles. The van der Waals surface area contributed by atoms with Crippen molar-refractivity contribution in [3.8, 4) is 5.75 Å². The van der Waals surface area contributed by atoms with Gasteiger partial charge in [-0.1, -0.05) is 44.9 Å². The largest absolute Gasteiger partial charge is 0.497 e. The molecule has 1 amide bonds. The Morgan fingerprint density at radius 3 is 2.26 bits per heavy atom. The van der Waals surface area contributed by atoms with Crippen LogP contribution >= 0.6 is 0 Å². The molecule has 0 bridgehead atoms. The summed E-state index contributed by atoms with van der Waals surface area (Å²) in [6.07, 6.45) is 9.02. The third-order valence-corrected chi connectivity index (χ3v) is 6.34. The van der Waals surface area contributed by atoms with Crippen molar-refractivity contribution < 1.29 is 19.4 Å². The zero-order valence-electron chi connectivity index (χ0n) is 20.9. The molecule has 7 heteroatoms. The van der Waals surface area contributed by atoms with Crippen molar-refractivity contribution in [2.75, 3.05) is 33.8 Å². The minimum atomic E-state index is -0.774. The van der Waals surface area contributed by atoms with Crippen molar-refractivity contribution in [1.82, 2.24) is 14.8 Å². The Morgan fingerprint density at radius 1 is 1.15 bits per heavy atom. The number of carbonyl (C=O) groups excluding carboxylic acids is 1. The molecule has 1 fully saturated rings. The zero-order chi connectivity index (χ0) is 24.9. The molecule has 3 unspecified atom stereocenters. The topological polar surface area (TPSA) is 83.0 Å². The molecule has 1 aliphatic heterocycles. The van der Waals surface area contributed by atoms with E-state index in [1.165, 1.54) is 0 Å². The first-order valence-electron chi connectivity index (χ1n) is 12.1. The van der Waals surface area contributed by atoms with Crippen molar-refractivity contribution in [1.29, 1.82) is 0 Å². The Morgan fingerprint density at radius 2 is 1.79 bits per heavy atom. The van der Waals surface area contributed by atoms with E-state index in [-0.39, 0.29) is 12.0 Å². The second kappa shape index (κ2) is 14.4. The molecule has 2 heterocycles. The van der Waals surface area contributed by atoms with E-state index in [2.05, 4.69) is 23.7 Å². The van der Waals surface area contributed by atoms with Crippen LogP contribution in [0.2, 0.25) is 0 Å². The van der Waals surface area contributed by atoms with E-state index in [1.807, 2.05) is 48.3 Å². The summed E-state index contributed by atoms with van der Waals surface area (Å²) in [5, 5.41) is 9.82. The number of aliphatic carboxylic acids is 1. The van der Waals surface area contributed by atoms with Crippen LogP contribution in [0, 0.1) is 5.92 Å². The van der Waals surface area contributed by atoms with Gasteiger partial charge in [-0.05, 0) is 49.2 Å². The highest BCUT2D eigenvalue weighted by Gasteiger charge is 2.45. The first-order chi connectivity index (χ1) is 16.5. The number of ether oxygens (including phenoxy) is 1. The Hall–Kier alpha value is -2.93. The summed E-state index contributed by atoms with van der Waals surface area (Å²) >= 11 is 0. The van der Waals surface area contributed by atoms with Gasteiger partial charge in [0.2, 0.25) is 6.41 Å². The number of hydrogen-bond acceptors (Lipinski definition) is 5. The van der Waals surface area contributed by atoms with Gasteiger partial charge in [0.25, 0.3) is 0 Å². The summed E-state index contributed by atoms with van der Waals surface area (Å²) in [6.45, 7) is 6.84. The number of carbonyl (C=O) groups is 2. The summed E-state index contributed by atoms with van der Waals surface area (Å²) in [4.78, 5) is 30.5. The highest BCUT2D eigenvalue weighted by Crippen LogP contribution is 2.45. The Bertz CT molecular complexity index is 852. The van der Waals surface area contributed by atoms with Gasteiger partial charge in [-0.25, -0.2) is 0 Å². The van der Waals surface area contributed by atoms with Gasteiger partial charge in [0.15, 0.2) is 0 Å². The van der Waals surface area contributed by atoms with Gasteiger partial charge in [-0.2, -0.15) is 0 Å². The van der Waals surface area contributed by atoms with Crippen LogP contribution < -0.4 is 4.74 Å². The predicted molar refractivity (Wildman–Crippen MR) is 134 cm³/mol. The monoisotopic (exact) mass is 469 g/mol. The van der Waals surface area contributed by atoms with E-state index in [0.29, 0.717) is 6.54 Å². The number of hydrogen-bond donors (Lipinski definition) is 1. The third kappa shape index (κ3) is 7.55. The third-order valence-electron chi connectivity index (χ3n) is 6.34. The Labute approximate surface area is 203 Å². The number of aromatic nitrogens is 1. The van der Waals surface area contributed by atoms with E-state index in [0.717, 1.165) is 62.1 Å². The van der Waals surface area contributed by atoms with E-state index in [1.54, 1.807) is 19.5 Å². The first-order valence-corrected chi connectivity index (χ1v) is 12.1. The molecule has 2 aromatic rings. The molecule has 0 saturated carbocycles. The maximum Gasteiger partial charge on any atom is 0.309 e. The van der Waals surface area contributed by atoms with Gasteiger partial charge >= 0.3 is 5.97 Å². The standard InChI is InChI=1S/C18H20N2O3.C9H19NO/c1-20-11-15(13-4-3-9-19-10-13)16(18(21)22)17(20)12-5-7-14(23-2)8-6-12;1-3-5-7-10(9-11)8-6-4-2/h3-10,15-17H,11H2,1-2H3,(H,21,22);9H,3-8H2,1-2H3. The molecule has 0 spiro atoms. The molecular formula is C27H39N3O4. The first kappa shape index (κ1) is 27.3. The molecular weight excluding hydrogens is 430 g/mol. The van der Waals surface area contributed by atoms with Crippen LogP contribution in [-0.2, 0) is 9.59 Å². The van der Waals surface area contributed by atoms with Crippen molar-refractivity contribution in [3.63, 3.8) is 0 Å². The summed E-state index contributed by atoms with van der Waals surface area (Å²) in [6, 6.07) is 11.3. The molecule has 0 radical (unpaired) electrons. The maximum absolute atomic E-state index is 12.0. The number of unbranched alkanes of at least 4 members (excludes halogenated alkanes) is 2. The molecule has 1 N–H and O–H groups in total. The Kier molecular flexibility index (Phi) is 11.5. The molecule has 1 aliphatic rings. The predicted octanol–water partition coefficient (Wildman–Crippen LogP) is 4.61. The zero-order valence-corrected chi connectivity index (χ0v) is 20.9. The van der Waals surface area contributed by atoms with Crippen LogP contribution in [0.25, 0.3) is 0 Å². The minimum Gasteiger partial charge on any atom is -0.497 e. The quantitative estimate of drug-likeness (QED) is 0.484. The van der Waals surface area contributed by atoms with Crippen LogP contribution in [0.4, 0.5) is 0 Å². The SMILES string of the molecule is CCCCN(C=O)CCCC.COc1ccc(C2C(C(=O)O)C(c3cccnc3)CN2C)cc1.